The third-order valence-electron chi connectivity index (χ3n) is 4.15. The predicted octanol–water partition coefficient (Wildman–Crippen LogP) is 3.93. The van der Waals surface area contributed by atoms with E-state index in [1.54, 1.807) is 0 Å². The smallest absolute Gasteiger partial charge is 0.0849 e. The lowest BCUT2D eigenvalue weighted by Crippen LogP contribution is -2.37. The molecule has 0 saturated heterocycles. The van der Waals surface area contributed by atoms with E-state index in [4.69, 9.17) is 11.6 Å². The number of hydrogen-bond acceptors (Lipinski definition) is 2. The Labute approximate surface area is 129 Å². The van der Waals surface area contributed by atoms with Crippen LogP contribution in [0, 0.1) is 11.8 Å². The number of halogens is 1. The van der Waals surface area contributed by atoms with Crippen LogP contribution >= 0.6 is 11.6 Å². The van der Waals surface area contributed by atoms with Gasteiger partial charge in [-0.1, -0.05) is 39.3 Å². The lowest BCUT2D eigenvalue weighted by Gasteiger charge is -2.28. The third kappa shape index (κ3) is 3.98. The van der Waals surface area contributed by atoms with Crippen molar-refractivity contribution in [2.24, 2.45) is 11.8 Å². The second kappa shape index (κ2) is 8.04. The van der Waals surface area contributed by atoms with Crippen molar-refractivity contribution in [1.82, 2.24) is 15.1 Å². The Balaban J connectivity index is 3.01. The lowest BCUT2D eigenvalue weighted by atomic mass is 9.85. The number of nitrogens with zero attached hydrogens (tertiary/aromatic N) is 2. The molecule has 1 aromatic heterocycles. The molecule has 0 spiro atoms. The molecule has 0 fully saturated rings. The van der Waals surface area contributed by atoms with E-state index in [0.717, 1.165) is 36.6 Å². The Bertz CT molecular complexity index is 412. The van der Waals surface area contributed by atoms with E-state index in [9.17, 15) is 0 Å². The van der Waals surface area contributed by atoms with Crippen molar-refractivity contribution in [3.8, 4) is 0 Å². The van der Waals surface area contributed by atoms with E-state index in [2.05, 4.69) is 56.6 Å². The van der Waals surface area contributed by atoms with Crippen molar-refractivity contribution >= 4 is 11.6 Å². The summed E-state index contributed by atoms with van der Waals surface area (Å²) in [6.07, 6.45) is 1.89. The molecule has 20 heavy (non-hydrogen) atoms. The summed E-state index contributed by atoms with van der Waals surface area (Å²) >= 11 is 6.54. The van der Waals surface area contributed by atoms with Gasteiger partial charge in [0.1, 0.15) is 0 Å². The van der Waals surface area contributed by atoms with Gasteiger partial charge < -0.3 is 5.32 Å². The van der Waals surface area contributed by atoms with Gasteiger partial charge in [-0.25, -0.2) is 0 Å². The average Bonchev–Trinajstić information content (AvgIpc) is 2.71. The fourth-order valence-electron chi connectivity index (χ4n) is 2.90. The Morgan fingerprint density at radius 1 is 1.20 bits per heavy atom. The molecular weight excluding hydrogens is 270 g/mol. The Hall–Kier alpha value is -0.540. The number of nitrogens with one attached hydrogen (secondary N) is 1. The van der Waals surface area contributed by atoms with Crippen LogP contribution in [0.15, 0.2) is 0 Å². The molecule has 1 rings (SSSR count). The van der Waals surface area contributed by atoms with E-state index in [1.165, 1.54) is 5.69 Å². The molecule has 0 aliphatic heterocycles. The van der Waals surface area contributed by atoms with Gasteiger partial charge in [-0.2, -0.15) is 5.10 Å². The zero-order chi connectivity index (χ0) is 15.3. The van der Waals surface area contributed by atoms with Gasteiger partial charge in [0.15, 0.2) is 0 Å². The highest BCUT2D eigenvalue weighted by atomic mass is 35.5. The van der Waals surface area contributed by atoms with E-state index < -0.39 is 0 Å². The van der Waals surface area contributed by atoms with Gasteiger partial charge >= 0.3 is 0 Å². The van der Waals surface area contributed by atoms with E-state index in [0.29, 0.717) is 17.9 Å². The van der Waals surface area contributed by atoms with Gasteiger partial charge in [0.05, 0.1) is 16.4 Å². The van der Waals surface area contributed by atoms with Gasteiger partial charge in [0, 0.05) is 12.6 Å². The summed E-state index contributed by atoms with van der Waals surface area (Å²) in [6.45, 7) is 15.1. The van der Waals surface area contributed by atoms with Crippen molar-refractivity contribution < 1.29 is 0 Å². The van der Waals surface area contributed by atoms with Crippen LogP contribution < -0.4 is 5.32 Å². The molecule has 0 aliphatic rings. The van der Waals surface area contributed by atoms with Crippen LogP contribution in [0.3, 0.4) is 0 Å². The second-order valence-corrected chi connectivity index (χ2v) is 6.21. The highest BCUT2D eigenvalue weighted by Gasteiger charge is 2.25. The van der Waals surface area contributed by atoms with Crippen molar-refractivity contribution in [3.05, 3.63) is 16.4 Å². The molecular formula is C16H30ClN3. The summed E-state index contributed by atoms with van der Waals surface area (Å²) in [5, 5.41) is 9.06. The maximum Gasteiger partial charge on any atom is 0.0849 e. The minimum absolute atomic E-state index is 0.487. The monoisotopic (exact) mass is 299 g/mol. The first-order chi connectivity index (χ1) is 9.46. The summed E-state index contributed by atoms with van der Waals surface area (Å²) in [5.41, 5.74) is 2.23. The third-order valence-corrected chi connectivity index (χ3v) is 4.58. The molecule has 1 aromatic rings. The second-order valence-electron chi connectivity index (χ2n) is 5.84. The topological polar surface area (TPSA) is 29.9 Å². The zero-order valence-corrected chi connectivity index (χ0v) is 14.6. The van der Waals surface area contributed by atoms with Crippen LogP contribution in [0.4, 0.5) is 0 Å². The van der Waals surface area contributed by atoms with Gasteiger partial charge in [-0.15, -0.1) is 0 Å². The zero-order valence-electron chi connectivity index (χ0n) is 13.8. The van der Waals surface area contributed by atoms with E-state index in [-0.39, 0.29) is 0 Å². The van der Waals surface area contributed by atoms with Gasteiger partial charge in [-0.3, -0.25) is 4.68 Å². The number of aromatic nitrogens is 2. The average molecular weight is 300 g/mol. The molecule has 1 heterocycles. The molecule has 0 aliphatic carbocycles. The lowest BCUT2D eigenvalue weighted by molar-refractivity contribution is 0.286. The first-order valence-corrected chi connectivity index (χ1v) is 8.31. The normalized spacial score (nSPS) is 14.8. The van der Waals surface area contributed by atoms with Crippen LogP contribution in [0.5, 0.6) is 0 Å². The van der Waals surface area contributed by atoms with Crippen molar-refractivity contribution in [3.63, 3.8) is 0 Å². The largest absolute Gasteiger partial charge is 0.314 e. The molecule has 0 amide bonds. The van der Waals surface area contributed by atoms with Crippen LogP contribution in [0.1, 0.15) is 52.9 Å². The summed E-state index contributed by atoms with van der Waals surface area (Å²) in [4.78, 5) is 0. The van der Waals surface area contributed by atoms with Crippen LogP contribution in [-0.2, 0) is 19.4 Å². The van der Waals surface area contributed by atoms with Crippen LogP contribution in [0.25, 0.3) is 0 Å². The molecule has 0 saturated carbocycles. The molecule has 0 aromatic carbocycles. The number of hydrogen-bond donors (Lipinski definition) is 1. The first kappa shape index (κ1) is 17.5. The summed E-state index contributed by atoms with van der Waals surface area (Å²) < 4.78 is 2.08. The Morgan fingerprint density at radius 3 is 2.30 bits per heavy atom. The highest BCUT2D eigenvalue weighted by Crippen LogP contribution is 2.28. The molecule has 116 valence electrons. The molecule has 2 unspecified atom stereocenters. The molecule has 1 N–H and O–H groups in total. The minimum atomic E-state index is 0.487. The molecule has 0 bridgehead atoms. The van der Waals surface area contributed by atoms with Crippen LogP contribution in [-0.4, -0.2) is 22.4 Å². The van der Waals surface area contributed by atoms with E-state index >= 15 is 0 Å². The maximum absolute atomic E-state index is 6.54. The quantitative estimate of drug-likeness (QED) is 0.788. The van der Waals surface area contributed by atoms with E-state index in [1.807, 2.05) is 0 Å². The highest BCUT2D eigenvalue weighted by molar-refractivity contribution is 6.31. The van der Waals surface area contributed by atoms with Gasteiger partial charge in [0.2, 0.25) is 0 Å². The molecule has 0 radical (unpaired) electrons. The van der Waals surface area contributed by atoms with Crippen molar-refractivity contribution in [2.45, 2.75) is 67.0 Å². The van der Waals surface area contributed by atoms with Crippen molar-refractivity contribution in [2.75, 3.05) is 6.54 Å². The van der Waals surface area contributed by atoms with Gasteiger partial charge in [-0.05, 0) is 45.1 Å². The minimum Gasteiger partial charge on any atom is -0.314 e. The Morgan fingerprint density at radius 2 is 1.85 bits per heavy atom. The van der Waals surface area contributed by atoms with Gasteiger partial charge in [0.25, 0.3) is 0 Å². The molecule has 4 heteroatoms. The summed E-state index contributed by atoms with van der Waals surface area (Å²) in [6, 6.07) is 0.487. The predicted molar refractivity (Wildman–Crippen MR) is 87.5 cm³/mol. The van der Waals surface area contributed by atoms with Crippen molar-refractivity contribution in [1.29, 1.82) is 0 Å². The Kier molecular flexibility index (Phi) is 7.04. The standard InChI is InChI=1S/C16H30ClN3/c1-7-14-16(17)15(20(9-3)19-14)10-13(11(4)5)12(6)18-8-2/h11-13,18H,7-10H2,1-6H3. The fraction of sp³-hybridized carbons (Fsp3) is 0.812. The SMILES string of the molecule is CCNC(C)C(Cc1c(Cl)c(CC)nn1CC)C(C)C. The fourth-order valence-corrected chi connectivity index (χ4v) is 3.24. The summed E-state index contributed by atoms with van der Waals surface area (Å²) in [7, 11) is 0. The first-order valence-electron chi connectivity index (χ1n) is 7.93. The van der Waals surface area contributed by atoms with Crippen LogP contribution in [0.2, 0.25) is 5.02 Å². The summed E-state index contributed by atoms with van der Waals surface area (Å²) in [5.74, 6) is 1.18. The molecule has 2 atom stereocenters. The molecule has 3 nitrogen and oxygen atoms in total. The maximum atomic E-state index is 6.54. The number of aryl methyl sites for hydroxylation is 2. The number of rotatable bonds is 8.